The first-order valence-corrected chi connectivity index (χ1v) is 5.26. The van der Waals surface area contributed by atoms with E-state index in [1.54, 1.807) is 0 Å². The number of nitrogen functional groups attached to an aromatic ring is 2. The predicted molar refractivity (Wildman–Crippen MR) is 66.8 cm³/mol. The maximum absolute atomic E-state index is 5.50. The summed E-state index contributed by atoms with van der Waals surface area (Å²) in [4.78, 5) is 11.8. The second-order valence-electron chi connectivity index (χ2n) is 2.86. The van der Waals surface area contributed by atoms with E-state index in [9.17, 15) is 0 Å². The highest BCUT2D eigenvalue weighted by Gasteiger charge is 2.07. The molecule has 5 nitrogen and oxygen atoms in total. The summed E-state index contributed by atoms with van der Waals surface area (Å²) in [6.45, 7) is 0. The highest BCUT2D eigenvalue weighted by Crippen LogP contribution is 2.22. The number of aromatic nitrogens is 3. The molecular weight excluding hydrogens is 305 g/mol. The van der Waals surface area contributed by atoms with Gasteiger partial charge in [-0.3, -0.25) is 0 Å². The Morgan fingerprint density at radius 3 is 2.13 bits per heavy atom. The van der Waals surface area contributed by atoms with Gasteiger partial charge in [0.25, 0.3) is 0 Å². The van der Waals surface area contributed by atoms with Crippen LogP contribution in [0, 0.1) is 3.57 Å². The maximum atomic E-state index is 5.50. The van der Waals surface area contributed by atoms with Gasteiger partial charge in [-0.15, -0.1) is 0 Å². The number of nitrogens with zero attached hydrogens (tertiary/aromatic N) is 3. The molecule has 2 aromatic rings. The van der Waals surface area contributed by atoms with Crippen molar-refractivity contribution < 1.29 is 0 Å². The molecule has 0 bridgehead atoms. The van der Waals surface area contributed by atoms with E-state index in [1.165, 1.54) is 0 Å². The third-order valence-electron chi connectivity index (χ3n) is 1.78. The number of rotatable bonds is 1. The van der Waals surface area contributed by atoms with Crippen LogP contribution >= 0.6 is 22.6 Å². The Balaban J connectivity index is 2.59. The van der Waals surface area contributed by atoms with Gasteiger partial charge < -0.3 is 11.5 Å². The summed E-state index contributed by atoms with van der Waals surface area (Å²) < 4.78 is 1.04. The highest BCUT2D eigenvalue weighted by atomic mass is 127. The van der Waals surface area contributed by atoms with Crippen LogP contribution in [-0.2, 0) is 0 Å². The zero-order chi connectivity index (χ0) is 10.8. The Hall–Kier alpha value is -1.44. The van der Waals surface area contributed by atoms with Crippen molar-refractivity contribution in [3.8, 4) is 11.4 Å². The predicted octanol–water partition coefficient (Wildman–Crippen LogP) is 1.31. The molecule has 2 rings (SSSR count). The standard InChI is InChI=1S/C9H8IN5/c10-6-4-2-1-3-5(6)7-13-8(11)15-9(12)14-7/h1-4H,(H4,11,12,13,14,15). The van der Waals surface area contributed by atoms with Crippen molar-refractivity contribution in [1.29, 1.82) is 0 Å². The molecule has 0 fully saturated rings. The fourth-order valence-electron chi connectivity index (χ4n) is 1.17. The van der Waals surface area contributed by atoms with Crippen LogP contribution in [0.25, 0.3) is 11.4 Å². The van der Waals surface area contributed by atoms with Gasteiger partial charge in [-0.25, -0.2) is 0 Å². The molecule has 0 radical (unpaired) electrons. The van der Waals surface area contributed by atoms with Gasteiger partial charge >= 0.3 is 0 Å². The van der Waals surface area contributed by atoms with Crippen LogP contribution in [0.2, 0.25) is 0 Å². The van der Waals surface area contributed by atoms with E-state index in [0.29, 0.717) is 5.82 Å². The molecule has 0 aliphatic rings. The number of benzene rings is 1. The Labute approximate surface area is 100 Å². The zero-order valence-corrected chi connectivity index (χ0v) is 9.84. The van der Waals surface area contributed by atoms with Crippen LogP contribution in [0.3, 0.4) is 0 Å². The van der Waals surface area contributed by atoms with Crippen LogP contribution in [-0.4, -0.2) is 15.0 Å². The Morgan fingerprint density at radius 2 is 1.53 bits per heavy atom. The molecule has 0 saturated heterocycles. The highest BCUT2D eigenvalue weighted by molar-refractivity contribution is 14.1. The van der Waals surface area contributed by atoms with E-state index in [-0.39, 0.29) is 11.9 Å². The Morgan fingerprint density at radius 1 is 0.933 bits per heavy atom. The number of nitrogens with two attached hydrogens (primary N) is 2. The largest absolute Gasteiger partial charge is 0.368 e. The molecule has 1 aromatic heterocycles. The molecule has 1 heterocycles. The van der Waals surface area contributed by atoms with Gasteiger partial charge in [0.15, 0.2) is 5.82 Å². The summed E-state index contributed by atoms with van der Waals surface area (Å²) >= 11 is 2.21. The fraction of sp³-hybridized carbons (Fsp3) is 0. The molecule has 0 amide bonds. The molecule has 0 unspecified atom stereocenters. The molecule has 0 aliphatic carbocycles. The average molecular weight is 313 g/mol. The topological polar surface area (TPSA) is 90.7 Å². The summed E-state index contributed by atoms with van der Waals surface area (Å²) in [7, 11) is 0. The minimum absolute atomic E-state index is 0.136. The quantitative estimate of drug-likeness (QED) is 0.775. The van der Waals surface area contributed by atoms with Crippen LogP contribution in [0.1, 0.15) is 0 Å². The second-order valence-corrected chi connectivity index (χ2v) is 4.02. The van der Waals surface area contributed by atoms with Gasteiger partial charge in [0.05, 0.1) is 0 Å². The van der Waals surface area contributed by atoms with Crippen molar-refractivity contribution in [3.05, 3.63) is 27.8 Å². The van der Waals surface area contributed by atoms with Crippen molar-refractivity contribution in [3.63, 3.8) is 0 Å². The van der Waals surface area contributed by atoms with Gasteiger partial charge in [-0.2, -0.15) is 15.0 Å². The molecule has 0 atom stereocenters. The molecule has 0 spiro atoms. The van der Waals surface area contributed by atoms with Crippen molar-refractivity contribution in [1.82, 2.24) is 15.0 Å². The van der Waals surface area contributed by atoms with Gasteiger partial charge in [-0.05, 0) is 28.7 Å². The third kappa shape index (κ3) is 2.14. The van der Waals surface area contributed by atoms with Crippen molar-refractivity contribution in [2.24, 2.45) is 0 Å². The summed E-state index contributed by atoms with van der Waals surface area (Å²) in [5.41, 5.74) is 11.9. The monoisotopic (exact) mass is 313 g/mol. The van der Waals surface area contributed by atoms with E-state index in [2.05, 4.69) is 37.5 Å². The Kier molecular flexibility index (Phi) is 2.67. The van der Waals surface area contributed by atoms with Gasteiger partial charge in [0, 0.05) is 9.13 Å². The number of halogens is 1. The lowest BCUT2D eigenvalue weighted by Gasteiger charge is -2.03. The number of hydrogen-bond acceptors (Lipinski definition) is 5. The first kappa shape index (κ1) is 10.1. The third-order valence-corrected chi connectivity index (χ3v) is 2.73. The molecule has 1 aromatic carbocycles. The van der Waals surface area contributed by atoms with Gasteiger partial charge in [0.1, 0.15) is 0 Å². The second kappa shape index (κ2) is 3.97. The normalized spacial score (nSPS) is 10.2. The lowest BCUT2D eigenvalue weighted by atomic mass is 10.2. The number of hydrogen-bond donors (Lipinski definition) is 2. The molecule has 4 N–H and O–H groups in total. The van der Waals surface area contributed by atoms with E-state index in [4.69, 9.17) is 11.5 Å². The van der Waals surface area contributed by atoms with Crippen LogP contribution in [0.4, 0.5) is 11.9 Å². The van der Waals surface area contributed by atoms with E-state index in [1.807, 2.05) is 24.3 Å². The average Bonchev–Trinajstić information content (AvgIpc) is 2.16. The zero-order valence-electron chi connectivity index (χ0n) is 7.68. The molecule has 0 aliphatic heterocycles. The summed E-state index contributed by atoms with van der Waals surface area (Å²) in [5.74, 6) is 0.777. The smallest absolute Gasteiger partial charge is 0.225 e. The lowest BCUT2D eigenvalue weighted by molar-refractivity contribution is 1.08. The molecule has 6 heteroatoms. The van der Waals surface area contributed by atoms with Crippen LogP contribution in [0.15, 0.2) is 24.3 Å². The number of anilines is 2. The van der Waals surface area contributed by atoms with E-state index >= 15 is 0 Å². The van der Waals surface area contributed by atoms with Gasteiger partial charge in [0.2, 0.25) is 11.9 Å². The summed E-state index contributed by atoms with van der Waals surface area (Å²) in [6.07, 6.45) is 0. The first-order valence-electron chi connectivity index (χ1n) is 4.19. The van der Waals surface area contributed by atoms with Crippen molar-refractivity contribution in [2.45, 2.75) is 0 Å². The van der Waals surface area contributed by atoms with Gasteiger partial charge in [-0.1, -0.05) is 18.2 Å². The summed E-state index contributed by atoms with van der Waals surface area (Å²) in [6, 6.07) is 7.73. The molecule has 0 saturated carbocycles. The molecular formula is C9H8IN5. The van der Waals surface area contributed by atoms with E-state index < -0.39 is 0 Å². The van der Waals surface area contributed by atoms with Crippen molar-refractivity contribution >= 4 is 34.5 Å². The molecule has 76 valence electrons. The van der Waals surface area contributed by atoms with Crippen molar-refractivity contribution in [2.75, 3.05) is 11.5 Å². The van der Waals surface area contributed by atoms with Crippen LogP contribution < -0.4 is 11.5 Å². The minimum atomic E-state index is 0.136. The SMILES string of the molecule is Nc1nc(N)nc(-c2ccccc2I)n1. The van der Waals surface area contributed by atoms with E-state index in [0.717, 1.165) is 9.13 Å². The Bertz CT molecular complexity index is 479. The first-order chi connectivity index (χ1) is 7.16. The lowest BCUT2D eigenvalue weighted by Crippen LogP contribution is -2.04. The maximum Gasteiger partial charge on any atom is 0.225 e. The fourth-order valence-corrected chi connectivity index (χ4v) is 1.80. The van der Waals surface area contributed by atoms with Crippen LogP contribution in [0.5, 0.6) is 0 Å². The minimum Gasteiger partial charge on any atom is -0.368 e. The summed E-state index contributed by atoms with van der Waals surface area (Å²) in [5, 5.41) is 0. The molecule has 15 heavy (non-hydrogen) atoms.